The molecule has 0 aliphatic carbocycles. The fourth-order valence-corrected chi connectivity index (χ4v) is 7.56. The molecule has 0 N–H and O–H groups in total. The van der Waals surface area contributed by atoms with Crippen LogP contribution in [-0.4, -0.2) is 19.4 Å². The van der Waals surface area contributed by atoms with Crippen molar-refractivity contribution in [2.24, 2.45) is 5.41 Å². The number of rotatable bonds is 2. The van der Waals surface area contributed by atoms with Crippen molar-refractivity contribution < 1.29 is 38.4 Å². The third-order valence-electron chi connectivity index (χ3n) is 3.42. The van der Waals surface area contributed by atoms with Gasteiger partial charge in [0.25, 0.3) is 0 Å². The molecule has 1 aromatic rings. The van der Waals surface area contributed by atoms with E-state index in [1.807, 2.05) is 0 Å². The van der Waals surface area contributed by atoms with Gasteiger partial charge in [-0.2, -0.15) is 38.4 Å². The zero-order valence-electron chi connectivity index (χ0n) is 13.5. The SMILES string of the molecule is CC(C)(C)C1=Cc2ccc(Cl)cc2S1(OS(=O)(=O)C(F)(F)F)C(F)(F)F. The third-order valence-corrected chi connectivity index (χ3v) is 8.73. The van der Waals surface area contributed by atoms with E-state index in [-0.39, 0.29) is 10.6 Å². The second kappa shape index (κ2) is 6.05. The summed E-state index contributed by atoms with van der Waals surface area (Å²) in [6, 6.07) is 3.22. The first kappa shape index (κ1) is 21.4. The first-order chi connectivity index (χ1) is 11.4. The van der Waals surface area contributed by atoms with E-state index < -0.39 is 46.7 Å². The normalized spacial score (nSPS) is 24.0. The summed E-state index contributed by atoms with van der Waals surface area (Å²) >= 11 is 5.72. The number of alkyl halides is 6. The molecule has 1 aromatic carbocycles. The van der Waals surface area contributed by atoms with Crippen LogP contribution in [0.25, 0.3) is 6.08 Å². The predicted molar refractivity (Wildman–Crippen MR) is 86.9 cm³/mol. The summed E-state index contributed by atoms with van der Waals surface area (Å²) in [5, 5.41) is -0.193. The Morgan fingerprint density at radius 1 is 1.04 bits per heavy atom. The van der Waals surface area contributed by atoms with E-state index >= 15 is 0 Å². The number of halogens is 7. The second-order valence-electron chi connectivity index (χ2n) is 6.41. The Labute approximate surface area is 152 Å². The third kappa shape index (κ3) is 3.34. The Hall–Kier alpha value is -0.910. The maximum absolute atomic E-state index is 14.1. The highest BCUT2D eigenvalue weighted by Crippen LogP contribution is 2.80. The molecule has 2 rings (SSSR count). The average Bonchev–Trinajstić information content (AvgIpc) is 2.72. The summed E-state index contributed by atoms with van der Waals surface area (Å²) in [5.74, 6) is 0. The van der Waals surface area contributed by atoms with Crippen molar-refractivity contribution in [1.29, 1.82) is 0 Å². The van der Waals surface area contributed by atoms with E-state index in [9.17, 15) is 34.8 Å². The highest BCUT2D eigenvalue weighted by atomic mass is 35.5. The molecule has 0 saturated carbocycles. The quantitative estimate of drug-likeness (QED) is 0.404. The van der Waals surface area contributed by atoms with Crippen LogP contribution in [0.15, 0.2) is 28.0 Å². The molecule has 0 saturated heterocycles. The largest absolute Gasteiger partial charge is 0.523 e. The zero-order valence-corrected chi connectivity index (χ0v) is 15.9. The molecule has 0 amide bonds. The van der Waals surface area contributed by atoms with E-state index in [4.69, 9.17) is 11.6 Å². The number of allylic oxidation sites excluding steroid dienone is 1. The Kier molecular flexibility index (Phi) is 4.97. The van der Waals surface area contributed by atoms with Gasteiger partial charge in [-0.3, -0.25) is 0 Å². The minimum absolute atomic E-state index is 0.0935. The van der Waals surface area contributed by atoms with Crippen LogP contribution in [0.5, 0.6) is 0 Å². The molecule has 0 spiro atoms. The van der Waals surface area contributed by atoms with Gasteiger partial charge >= 0.3 is 21.1 Å². The fourth-order valence-electron chi connectivity index (χ4n) is 2.40. The predicted octanol–water partition coefficient (Wildman–Crippen LogP) is 6.21. The fraction of sp³-hybridized carbons (Fsp3) is 0.429. The van der Waals surface area contributed by atoms with Gasteiger partial charge in [0.05, 0.1) is 0 Å². The molecule has 1 atom stereocenters. The van der Waals surface area contributed by atoms with Crippen molar-refractivity contribution in [2.75, 3.05) is 0 Å². The molecule has 0 fully saturated rings. The Morgan fingerprint density at radius 2 is 1.58 bits per heavy atom. The summed E-state index contributed by atoms with van der Waals surface area (Å²) in [4.78, 5) is -1.32. The van der Waals surface area contributed by atoms with Crippen molar-refractivity contribution in [2.45, 2.75) is 36.7 Å². The molecule has 3 nitrogen and oxygen atoms in total. The minimum atomic E-state index is -6.54. The minimum Gasteiger partial charge on any atom is -0.196 e. The van der Waals surface area contributed by atoms with Crippen molar-refractivity contribution in [3.05, 3.63) is 33.7 Å². The molecule has 1 aliphatic rings. The summed E-state index contributed by atoms with van der Waals surface area (Å²) in [5.41, 5.74) is -12.9. The number of fused-ring (bicyclic) bond motifs is 1. The molecule has 1 unspecified atom stereocenters. The highest BCUT2D eigenvalue weighted by molar-refractivity contribution is 8.37. The molecule has 26 heavy (non-hydrogen) atoms. The topological polar surface area (TPSA) is 43.4 Å². The van der Waals surface area contributed by atoms with Crippen molar-refractivity contribution in [1.82, 2.24) is 0 Å². The molecule has 0 radical (unpaired) electrons. The van der Waals surface area contributed by atoms with Crippen LogP contribution in [0.4, 0.5) is 26.3 Å². The van der Waals surface area contributed by atoms with Gasteiger partial charge in [0.15, 0.2) is 0 Å². The van der Waals surface area contributed by atoms with Crippen LogP contribution in [0.2, 0.25) is 5.02 Å². The molecule has 0 bridgehead atoms. The zero-order chi connectivity index (χ0) is 20.3. The second-order valence-corrected chi connectivity index (χ2v) is 11.2. The lowest BCUT2D eigenvalue weighted by molar-refractivity contribution is -0.0548. The maximum Gasteiger partial charge on any atom is 0.523 e. The lowest BCUT2D eigenvalue weighted by Crippen LogP contribution is -2.34. The van der Waals surface area contributed by atoms with E-state index in [0.717, 1.165) is 12.1 Å². The highest BCUT2D eigenvalue weighted by Gasteiger charge is 2.65. The molecular formula is C14H13ClF6O3S2. The van der Waals surface area contributed by atoms with Crippen LogP contribution >= 0.6 is 21.9 Å². The van der Waals surface area contributed by atoms with Gasteiger partial charge in [-0.05, 0) is 29.2 Å². The van der Waals surface area contributed by atoms with E-state index in [1.54, 1.807) is 0 Å². The van der Waals surface area contributed by atoms with Gasteiger partial charge in [0, 0.05) is 25.1 Å². The van der Waals surface area contributed by atoms with E-state index in [2.05, 4.69) is 3.63 Å². The van der Waals surface area contributed by atoms with Gasteiger partial charge < -0.3 is 0 Å². The molecule has 1 aliphatic heterocycles. The van der Waals surface area contributed by atoms with Gasteiger partial charge in [0.1, 0.15) is 0 Å². The first-order valence-corrected chi connectivity index (χ1v) is 10.2. The van der Waals surface area contributed by atoms with Gasteiger partial charge in [-0.25, -0.2) is 0 Å². The summed E-state index contributed by atoms with van der Waals surface area (Å²) < 4.78 is 108. The molecule has 1 heterocycles. The average molecular weight is 443 g/mol. The first-order valence-electron chi connectivity index (χ1n) is 6.87. The Morgan fingerprint density at radius 3 is 2.00 bits per heavy atom. The molecular weight excluding hydrogens is 430 g/mol. The number of hydrogen-bond donors (Lipinski definition) is 0. The molecule has 0 aromatic heterocycles. The Bertz CT molecular complexity index is 868. The number of hydrogen-bond acceptors (Lipinski definition) is 3. The van der Waals surface area contributed by atoms with Crippen LogP contribution in [-0.2, 0) is 13.7 Å². The number of benzene rings is 1. The summed E-state index contributed by atoms with van der Waals surface area (Å²) in [6.45, 7) is 3.97. The van der Waals surface area contributed by atoms with Crippen LogP contribution < -0.4 is 0 Å². The summed E-state index contributed by atoms with van der Waals surface area (Å²) in [7, 11) is -11.6. The monoisotopic (exact) mass is 442 g/mol. The lowest BCUT2D eigenvalue weighted by atomic mass is 9.95. The lowest BCUT2D eigenvalue weighted by Gasteiger charge is -2.43. The maximum atomic E-state index is 14.1. The van der Waals surface area contributed by atoms with Crippen LogP contribution in [0, 0.1) is 5.41 Å². The summed E-state index contributed by atoms with van der Waals surface area (Å²) in [6.07, 6.45) is 1.01. The smallest absolute Gasteiger partial charge is 0.196 e. The van der Waals surface area contributed by atoms with E-state index in [0.29, 0.717) is 0 Å². The van der Waals surface area contributed by atoms with Crippen molar-refractivity contribution in [3.63, 3.8) is 0 Å². The van der Waals surface area contributed by atoms with Crippen LogP contribution in [0.1, 0.15) is 26.3 Å². The molecule has 148 valence electrons. The standard InChI is InChI=1S/C14H13ClF6O3S2/c1-12(2,3)11-6-8-4-5-9(15)7-10(8)25(11,13(16,17)18)24-26(22,23)14(19,20)21/h4-7H,1-3H3. The van der Waals surface area contributed by atoms with Gasteiger partial charge in [0.2, 0.25) is 0 Å². The van der Waals surface area contributed by atoms with Crippen molar-refractivity contribution >= 4 is 38.1 Å². The van der Waals surface area contributed by atoms with Crippen molar-refractivity contribution in [3.8, 4) is 0 Å². The van der Waals surface area contributed by atoms with E-state index in [1.165, 1.54) is 32.9 Å². The Balaban J connectivity index is 2.90. The van der Waals surface area contributed by atoms with Gasteiger partial charge in [-0.15, -0.1) is 0 Å². The molecule has 12 heteroatoms. The van der Waals surface area contributed by atoms with Gasteiger partial charge in [-0.1, -0.05) is 38.4 Å². The van der Waals surface area contributed by atoms with Crippen LogP contribution in [0.3, 0.4) is 0 Å².